The summed E-state index contributed by atoms with van der Waals surface area (Å²) < 4.78 is 5.65. The number of hydrogen-bond donors (Lipinski definition) is 3. The Morgan fingerprint density at radius 2 is 2.00 bits per heavy atom. The van der Waals surface area contributed by atoms with Crippen LogP contribution in [0.2, 0.25) is 5.15 Å². The maximum atomic E-state index is 11.8. The molecule has 0 aliphatic heterocycles. The maximum Gasteiger partial charge on any atom is 0.319 e. The number of aryl methyl sites for hydroxylation is 2. The summed E-state index contributed by atoms with van der Waals surface area (Å²) in [6.45, 7) is 4.02. The van der Waals surface area contributed by atoms with Crippen LogP contribution in [-0.4, -0.2) is 35.4 Å². The average Bonchev–Trinajstić information content (AvgIpc) is 2.54. The predicted molar refractivity (Wildman–Crippen MR) is 93.7 cm³/mol. The fourth-order valence-electron chi connectivity index (χ4n) is 2.12. The van der Waals surface area contributed by atoms with Crippen LogP contribution in [0, 0.1) is 13.8 Å². The van der Waals surface area contributed by atoms with E-state index >= 15 is 0 Å². The number of aromatic nitrogens is 1. The number of nitrogens with zero attached hydrogens (tertiary/aromatic N) is 1. The lowest BCUT2D eigenvalue weighted by atomic mass is 10.1. The SMILES string of the molecule is Cc1cccc(C)c1OC[C@H](O)CNC(=O)Nc1cccnc1Cl. The van der Waals surface area contributed by atoms with Crippen molar-refractivity contribution >= 4 is 23.3 Å². The summed E-state index contributed by atoms with van der Waals surface area (Å²) in [5, 5.41) is 15.3. The van der Waals surface area contributed by atoms with E-state index in [-0.39, 0.29) is 18.3 Å². The highest BCUT2D eigenvalue weighted by Gasteiger charge is 2.11. The highest BCUT2D eigenvalue weighted by Crippen LogP contribution is 2.22. The lowest BCUT2D eigenvalue weighted by Crippen LogP contribution is -2.37. The minimum Gasteiger partial charge on any atom is -0.490 e. The molecule has 0 radical (unpaired) electrons. The van der Waals surface area contributed by atoms with Crippen LogP contribution >= 0.6 is 11.6 Å². The molecule has 1 aromatic heterocycles. The van der Waals surface area contributed by atoms with Crippen molar-refractivity contribution in [3.05, 3.63) is 52.8 Å². The lowest BCUT2D eigenvalue weighted by molar-refractivity contribution is 0.107. The quantitative estimate of drug-likeness (QED) is 0.700. The second kappa shape index (κ2) is 8.52. The molecule has 0 bridgehead atoms. The fraction of sp³-hybridized carbons (Fsp3) is 0.294. The zero-order valence-electron chi connectivity index (χ0n) is 13.5. The maximum absolute atomic E-state index is 11.8. The number of aliphatic hydroxyl groups is 1. The van der Waals surface area contributed by atoms with Crippen LogP contribution in [0.1, 0.15) is 11.1 Å². The number of urea groups is 1. The molecule has 0 aliphatic carbocycles. The van der Waals surface area contributed by atoms with Gasteiger partial charge in [-0.25, -0.2) is 9.78 Å². The number of rotatable bonds is 6. The fourth-order valence-corrected chi connectivity index (χ4v) is 2.29. The van der Waals surface area contributed by atoms with E-state index in [0.29, 0.717) is 5.69 Å². The van der Waals surface area contributed by atoms with Gasteiger partial charge in [-0.3, -0.25) is 0 Å². The van der Waals surface area contributed by atoms with Crippen LogP contribution < -0.4 is 15.4 Å². The summed E-state index contributed by atoms with van der Waals surface area (Å²) in [4.78, 5) is 15.7. The highest BCUT2D eigenvalue weighted by molar-refractivity contribution is 6.32. The molecule has 2 rings (SSSR count). The standard InChI is InChI=1S/C17H20ClN3O3/c1-11-5-3-6-12(2)15(11)24-10-13(22)9-20-17(23)21-14-7-4-8-19-16(14)18/h3-8,13,22H,9-10H2,1-2H3,(H2,20,21,23)/t13-/m1/s1. The van der Waals surface area contributed by atoms with Gasteiger partial charge in [0.25, 0.3) is 0 Å². The normalized spacial score (nSPS) is 11.7. The second-order valence-electron chi connectivity index (χ2n) is 5.36. The monoisotopic (exact) mass is 349 g/mol. The summed E-state index contributed by atoms with van der Waals surface area (Å²) in [5.41, 5.74) is 2.40. The van der Waals surface area contributed by atoms with Crippen molar-refractivity contribution in [1.82, 2.24) is 10.3 Å². The Balaban J connectivity index is 1.78. The minimum absolute atomic E-state index is 0.0502. The second-order valence-corrected chi connectivity index (χ2v) is 5.72. The molecule has 0 unspecified atom stereocenters. The van der Waals surface area contributed by atoms with Crippen molar-refractivity contribution in [2.75, 3.05) is 18.5 Å². The average molecular weight is 350 g/mol. The summed E-state index contributed by atoms with van der Waals surface area (Å²) >= 11 is 5.86. The molecule has 6 nitrogen and oxygen atoms in total. The van der Waals surface area contributed by atoms with E-state index in [4.69, 9.17) is 16.3 Å². The molecular weight excluding hydrogens is 330 g/mol. The van der Waals surface area contributed by atoms with Gasteiger partial charge >= 0.3 is 6.03 Å². The summed E-state index contributed by atoms with van der Waals surface area (Å²) in [6.07, 6.45) is 0.694. The molecule has 2 amide bonds. The predicted octanol–water partition coefficient (Wildman–Crippen LogP) is 2.91. The van der Waals surface area contributed by atoms with Gasteiger partial charge in [-0.05, 0) is 37.1 Å². The van der Waals surface area contributed by atoms with E-state index in [2.05, 4.69) is 15.6 Å². The van der Waals surface area contributed by atoms with E-state index in [1.165, 1.54) is 6.20 Å². The first kappa shape index (κ1) is 18.0. The van der Waals surface area contributed by atoms with Gasteiger partial charge in [0, 0.05) is 12.7 Å². The van der Waals surface area contributed by atoms with Crippen molar-refractivity contribution in [3.63, 3.8) is 0 Å². The zero-order valence-corrected chi connectivity index (χ0v) is 14.3. The molecule has 2 aromatic rings. The number of hydrogen-bond acceptors (Lipinski definition) is 4. The smallest absolute Gasteiger partial charge is 0.319 e. The Morgan fingerprint density at radius 1 is 1.29 bits per heavy atom. The molecule has 0 aliphatic rings. The molecule has 0 spiro atoms. The number of para-hydroxylation sites is 1. The van der Waals surface area contributed by atoms with Gasteiger partial charge in [-0.15, -0.1) is 0 Å². The van der Waals surface area contributed by atoms with Gasteiger partial charge in [0.1, 0.15) is 18.5 Å². The molecule has 1 aromatic carbocycles. The molecule has 0 fully saturated rings. The number of aliphatic hydroxyl groups excluding tert-OH is 1. The largest absolute Gasteiger partial charge is 0.490 e. The Hall–Kier alpha value is -2.31. The lowest BCUT2D eigenvalue weighted by Gasteiger charge is -2.16. The number of halogens is 1. The van der Waals surface area contributed by atoms with E-state index in [1.807, 2.05) is 32.0 Å². The van der Waals surface area contributed by atoms with E-state index in [1.54, 1.807) is 12.1 Å². The third kappa shape index (κ3) is 5.11. The van der Waals surface area contributed by atoms with Gasteiger partial charge in [0.15, 0.2) is 5.15 Å². The Bertz CT molecular complexity index is 689. The first-order valence-electron chi connectivity index (χ1n) is 7.50. The van der Waals surface area contributed by atoms with Gasteiger partial charge in [0.05, 0.1) is 5.69 Å². The van der Waals surface area contributed by atoms with Gasteiger partial charge < -0.3 is 20.5 Å². The third-order valence-electron chi connectivity index (χ3n) is 3.33. The number of nitrogens with one attached hydrogen (secondary N) is 2. The molecule has 128 valence electrons. The molecule has 24 heavy (non-hydrogen) atoms. The molecule has 0 saturated heterocycles. The van der Waals surface area contributed by atoms with Crippen molar-refractivity contribution in [3.8, 4) is 5.75 Å². The Labute approximate surface area is 145 Å². The topological polar surface area (TPSA) is 83.5 Å². The van der Waals surface area contributed by atoms with Crippen molar-refractivity contribution < 1.29 is 14.6 Å². The summed E-state index contributed by atoms with van der Waals surface area (Å²) in [5.74, 6) is 0.753. The Kier molecular flexibility index (Phi) is 6.40. The Morgan fingerprint density at radius 3 is 2.67 bits per heavy atom. The van der Waals surface area contributed by atoms with Crippen molar-refractivity contribution in [2.24, 2.45) is 0 Å². The third-order valence-corrected chi connectivity index (χ3v) is 3.64. The summed E-state index contributed by atoms with van der Waals surface area (Å²) in [7, 11) is 0. The van der Waals surface area contributed by atoms with Gasteiger partial charge in [-0.1, -0.05) is 29.8 Å². The van der Waals surface area contributed by atoms with Crippen molar-refractivity contribution in [2.45, 2.75) is 20.0 Å². The highest BCUT2D eigenvalue weighted by atomic mass is 35.5. The van der Waals surface area contributed by atoms with Crippen LogP contribution in [-0.2, 0) is 0 Å². The molecule has 3 N–H and O–H groups in total. The summed E-state index contributed by atoms with van der Waals surface area (Å²) in [6, 6.07) is 8.65. The number of anilines is 1. The molecule has 0 saturated carbocycles. The van der Waals surface area contributed by atoms with Crippen LogP contribution in [0.25, 0.3) is 0 Å². The van der Waals surface area contributed by atoms with Crippen LogP contribution in [0.3, 0.4) is 0 Å². The number of pyridine rings is 1. The first-order valence-corrected chi connectivity index (χ1v) is 7.87. The number of carbonyl (C=O) groups excluding carboxylic acids is 1. The number of carbonyl (C=O) groups is 1. The van der Waals surface area contributed by atoms with Crippen LogP contribution in [0.15, 0.2) is 36.5 Å². The van der Waals surface area contributed by atoms with E-state index < -0.39 is 12.1 Å². The number of amides is 2. The van der Waals surface area contributed by atoms with Gasteiger partial charge in [-0.2, -0.15) is 0 Å². The van der Waals surface area contributed by atoms with E-state index in [0.717, 1.165) is 16.9 Å². The molecule has 1 atom stereocenters. The van der Waals surface area contributed by atoms with E-state index in [9.17, 15) is 9.90 Å². The van der Waals surface area contributed by atoms with Crippen LogP contribution in [0.5, 0.6) is 5.75 Å². The van der Waals surface area contributed by atoms with Gasteiger partial charge in [0.2, 0.25) is 0 Å². The molecule has 7 heteroatoms. The number of benzene rings is 1. The molecule has 1 heterocycles. The molecular formula is C17H20ClN3O3. The minimum atomic E-state index is -0.834. The van der Waals surface area contributed by atoms with Crippen LogP contribution in [0.4, 0.5) is 10.5 Å². The first-order chi connectivity index (χ1) is 11.5. The number of ether oxygens (including phenoxy) is 1. The van der Waals surface area contributed by atoms with Crippen molar-refractivity contribution in [1.29, 1.82) is 0 Å². The zero-order chi connectivity index (χ0) is 17.5.